The third kappa shape index (κ3) is 1.43. The van der Waals surface area contributed by atoms with Gasteiger partial charge in [0.25, 0.3) is 0 Å². The fourth-order valence-electron chi connectivity index (χ4n) is 6.94. The molecule has 0 aromatic carbocycles. The molecule has 3 atom stereocenters. The SMILES string of the molecule is O=C1C2CCC(O)C(C2)N1C12CC3CC(CC(C3)C1)C2. The lowest BCUT2D eigenvalue weighted by Crippen LogP contribution is -2.63. The van der Waals surface area contributed by atoms with Crippen LogP contribution in [0.3, 0.4) is 0 Å². The molecule has 6 fully saturated rings. The van der Waals surface area contributed by atoms with E-state index in [1.807, 2.05) is 0 Å². The molecule has 1 saturated heterocycles. The predicted molar refractivity (Wildman–Crippen MR) is 74.9 cm³/mol. The molecule has 6 rings (SSSR count). The van der Waals surface area contributed by atoms with Gasteiger partial charge in [0.05, 0.1) is 12.1 Å². The maximum atomic E-state index is 12.9. The highest BCUT2D eigenvalue weighted by molar-refractivity contribution is 5.83. The minimum absolute atomic E-state index is 0.149. The van der Waals surface area contributed by atoms with Crippen molar-refractivity contribution in [1.82, 2.24) is 4.90 Å². The first-order chi connectivity index (χ1) is 9.64. The highest BCUT2D eigenvalue weighted by Crippen LogP contribution is 2.60. The highest BCUT2D eigenvalue weighted by atomic mass is 16.3. The van der Waals surface area contributed by atoms with E-state index < -0.39 is 0 Å². The first-order valence-corrected chi connectivity index (χ1v) is 8.66. The largest absolute Gasteiger partial charge is 0.391 e. The molecule has 0 aromatic rings. The number of hydrogen-bond acceptors (Lipinski definition) is 2. The zero-order chi connectivity index (χ0) is 13.5. The molecule has 5 aliphatic carbocycles. The summed E-state index contributed by atoms with van der Waals surface area (Å²) in [6.45, 7) is 0. The monoisotopic (exact) mass is 275 g/mol. The molecule has 3 heteroatoms. The summed E-state index contributed by atoms with van der Waals surface area (Å²) in [6, 6.07) is 0.150. The summed E-state index contributed by atoms with van der Waals surface area (Å²) in [6.07, 6.45) is 10.4. The van der Waals surface area contributed by atoms with Gasteiger partial charge >= 0.3 is 0 Å². The Morgan fingerprint density at radius 1 is 0.950 bits per heavy atom. The smallest absolute Gasteiger partial charge is 0.226 e. The van der Waals surface area contributed by atoms with Crippen LogP contribution in [0.25, 0.3) is 0 Å². The van der Waals surface area contributed by atoms with Crippen LogP contribution in [-0.4, -0.2) is 33.6 Å². The molecule has 110 valence electrons. The quantitative estimate of drug-likeness (QED) is 0.798. The van der Waals surface area contributed by atoms with Crippen LogP contribution in [0.2, 0.25) is 0 Å². The first kappa shape index (κ1) is 12.0. The van der Waals surface area contributed by atoms with Crippen molar-refractivity contribution in [3.8, 4) is 0 Å². The van der Waals surface area contributed by atoms with Gasteiger partial charge in [0.15, 0.2) is 0 Å². The minimum atomic E-state index is -0.259. The van der Waals surface area contributed by atoms with E-state index in [4.69, 9.17) is 0 Å². The van der Waals surface area contributed by atoms with E-state index in [2.05, 4.69) is 4.90 Å². The highest BCUT2D eigenvalue weighted by Gasteiger charge is 2.60. The topological polar surface area (TPSA) is 40.5 Å². The number of hydrogen-bond donors (Lipinski definition) is 1. The fourth-order valence-corrected chi connectivity index (χ4v) is 6.94. The van der Waals surface area contributed by atoms with Crippen LogP contribution in [0.4, 0.5) is 0 Å². The number of carbonyl (C=O) groups excluding carboxylic acids is 1. The molecule has 5 saturated carbocycles. The standard InChI is InChI=1S/C17H25NO2/c19-15-2-1-13-6-14(15)18(16(13)20)17-7-10-3-11(8-17)5-12(4-10)9-17/h10-15,19H,1-9H2. The lowest BCUT2D eigenvalue weighted by molar-refractivity contribution is -0.154. The number of aliphatic hydroxyl groups excluding tert-OH is 1. The molecule has 6 bridgehead atoms. The van der Waals surface area contributed by atoms with Crippen molar-refractivity contribution in [2.24, 2.45) is 23.7 Å². The van der Waals surface area contributed by atoms with Crippen LogP contribution in [0.5, 0.6) is 0 Å². The second kappa shape index (κ2) is 3.79. The van der Waals surface area contributed by atoms with Crippen molar-refractivity contribution in [2.75, 3.05) is 0 Å². The summed E-state index contributed by atoms with van der Waals surface area (Å²) >= 11 is 0. The molecule has 20 heavy (non-hydrogen) atoms. The second-order valence-corrected chi connectivity index (χ2v) is 8.49. The van der Waals surface area contributed by atoms with Gasteiger partial charge in [-0.3, -0.25) is 4.79 Å². The average Bonchev–Trinajstić information content (AvgIpc) is 2.66. The Labute approximate surface area is 120 Å². The van der Waals surface area contributed by atoms with Gasteiger partial charge in [-0.1, -0.05) is 0 Å². The molecule has 3 nitrogen and oxygen atoms in total. The van der Waals surface area contributed by atoms with Crippen molar-refractivity contribution >= 4 is 5.91 Å². The molecular formula is C17H25NO2. The number of likely N-dealkylation sites (tertiary alicyclic amines) is 1. The molecule has 1 amide bonds. The first-order valence-electron chi connectivity index (χ1n) is 8.66. The van der Waals surface area contributed by atoms with Gasteiger partial charge in [-0.25, -0.2) is 0 Å². The van der Waals surface area contributed by atoms with Crippen LogP contribution < -0.4 is 0 Å². The summed E-state index contributed by atoms with van der Waals surface area (Å²) in [5, 5.41) is 10.4. The number of carbonyl (C=O) groups is 1. The Balaban J connectivity index is 1.54. The van der Waals surface area contributed by atoms with E-state index >= 15 is 0 Å². The van der Waals surface area contributed by atoms with Gasteiger partial charge in [-0.15, -0.1) is 0 Å². The fraction of sp³-hybridized carbons (Fsp3) is 0.941. The number of fused-ring (bicyclic) bond motifs is 2. The summed E-state index contributed by atoms with van der Waals surface area (Å²) in [7, 11) is 0. The van der Waals surface area contributed by atoms with Crippen molar-refractivity contribution in [3.05, 3.63) is 0 Å². The van der Waals surface area contributed by atoms with E-state index in [9.17, 15) is 9.90 Å². The lowest BCUT2D eigenvalue weighted by Gasteiger charge is -2.61. The van der Waals surface area contributed by atoms with Gasteiger partial charge in [-0.05, 0) is 75.5 Å². The van der Waals surface area contributed by atoms with E-state index in [-0.39, 0.29) is 23.6 Å². The molecule has 1 heterocycles. The number of aliphatic hydroxyl groups is 1. The summed E-state index contributed by atoms with van der Waals surface area (Å²) in [4.78, 5) is 15.1. The maximum Gasteiger partial charge on any atom is 0.226 e. The minimum Gasteiger partial charge on any atom is -0.391 e. The Kier molecular flexibility index (Phi) is 2.28. The Hall–Kier alpha value is -0.570. The van der Waals surface area contributed by atoms with Crippen LogP contribution >= 0.6 is 0 Å². The van der Waals surface area contributed by atoms with E-state index in [1.165, 1.54) is 38.5 Å². The Morgan fingerprint density at radius 3 is 2.15 bits per heavy atom. The number of nitrogens with zero attached hydrogens (tertiary/aromatic N) is 1. The third-order valence-electron chi connectivity index (χ3n) is 7.22. The third-order valence-corrected chi connectivity index (χ3v) is 7.22. The van der Waals surface area contributed by atoms with Crippen LogP contribution in [-0.2, 0) is 4.79 Å². The van der Waals surface area contributed by atoms with E-state index in [0.29, 0.717) is 5.91 Å². The van der Waals surface area contributed by atoms with Crippen molar-refractivity contribution in [3.63, 3.8) is 0 Å². The summed E-state index contributed by atoms with van der Waals surface area (Å²) < 4.78 is 0. The zero-order valence-electron chi connectivity index (χ0n) is 12.1. The van der Waals surface area contributed by atoms with Crippen molar-refractivity contribution < 1.29 is 9.90 Å². The van der Waals surface area contributed by atoms with E-state index in [1.54, 1.807) is 0 Å². The van der Waals surface area contributed by atoms with Gasteiger partial charge in [0.2, 0.25) is 5.91 Å². The molecule has 0 radical (unpaired) electrons. The number of rotatable bonds is 1. The zero-order valence-corrected chi connectivity index (χ0v) is 12.1. The molecule has 1 aliphatic heterocycles. The van der Waals surface area contributed by atoms with Crippen molar-refractivity contribution in [1.29, 1.82) is 0 Å². The van der Waals surface area contributed by atoms with Gasteiger partial charge < -0.3 is 10.0 Å². The van der Waals surface area contributed by atoms with Crippen LogP contribution in [0.1, 0.15) is 57.8 Å². The average molecular weight is 275 g/mol. The van der Waals surface area contributed by atoms with Gasteiger partial charge in [0, 0.05) is 11.5 Å². The molecule has 1 N–H and O–H groups in total. The Morgan fingerprint density at radius 2 is 1.55 bits per heavy atom. The lowest BCUT2D eigenvalue weighted by atomic mass is 9.52. The normalized spacial score (nSPS) is 56.6. The molecule has 6 aliphatic rings. The van der Waals surface area contributed by atoms with Crippen molar-refractivity contribution in [2.45, 2.75) is 75.5 Å². The van der Waals surface area contributed by atoms with Gasteiger partial charge in [0.1, 0.15) is 0 Å². The molecule has 3 unspecified atom stereocenters. The molecule has 0 spiro atoms. The Bertz CT molecular complexity index is 425. The summed E-state index contributed by atoms with van der Waals surface area (Å²) in [5.74, 6) is 3.23. The second-order valence-electron chi connectivity index (χ2n) is 8.49. The predicted octanol–water partition coefficient (Wildman–Crippen LogP) is 2.33. The van der Waals surface area contributed by atoms with Gasteiger partial charge in [-0.2, -0.15) is 0 Å². The van der Waals surface area contributed by atoms with Crippen LogP contribution in [0.15, 0.2) is 0 Å². The number of amides is 1. The summed E-state index contributed by atoms with van der Waals surface area (Å²) in [5.41, 5.74) is 0.149. The molecule has 0 aromatic heterocycles. The van der Waals surface area contributed by atoms with Crippen LogP contribution in [0, 0.1) is 23.7 Å². The van der Waals surface area contributed by atoms with E-state index in [0.717, 1.165) is 37.0 Å². The molecular weight excluding hydrogens is 250 g/mol. The maximum absolute atomic E-state index is 12.9.